The summed E-state index contributed by atoms with van der Waals surface area (Å²) >= 11 is 6.22. The van der Waals surface area contributed by atoms with E-state index in [1.54, 1.807) is 0 Å². The van der Waals surface area contributed by atoms with E-state index in [1.807, 2.05) is 48.6 Å². The first-order chi connectivity index (χ1) is 14.6. The maximum absolute atomic E-state index is 6.22. The van der Waals surface area contributed by atoms with Crippen LogP contribution in [0.5, 0.6) is 0 Å². The molecule has 0 aliphatic carbocycles. The van der Waals surface area contributed by atoms with Crippen molar-refractivity contribution in [3.8, 4) is 0 Å². The van der Waals surface area contributed by atoms with Gasteiger partial charge in [0.05, 0.1) is 5.52 Å². The second kappa shape index (κ2) is 11.1. The topological polar surface area (TPSA) is 41.0 Å². The predicted octanol–water partition coefficient (Wildman–Crippen LogP) is 6.38. The standard InChI is InChI=1S/C25H31ClN4/c1-4-30(5-2)17-9-10-19(3)27-25-22-15-14-21(26)18-23(22)28-24(29-25)16-13-20-11-7-6-8-12-20/h6-8,11-16,18-19H,4-5,9-10,17H2,1-3H3,(H,27,28,29)/b16-13+/t19-/m1/s1. The van der Waals surface area contributed by atoms with Crippen LogP contribution in [0.1, 0.15) is 45.0 Å². The molecule has 0 radical (unpaired) electrons. The van der Waals surface area contributed by atoms with Crippen molar-refractivity contribution in [3.63, 3.8) is 0 Å². The zero-order valence-electron chi connectivity index (χ0n) is 18.1. The molecule has 1 heterocycles. The second-order valence-corrected chi connectivity index (χ2v) is 7.99. The Balaban J connectivity index is 1.79. The van der Waals surface area contributed by atoms with Gasteiger partial charge in [0.1, 0.15) is 5.82 Å². The third kappa shape index (κ3) is 6.28. The van der Waals surface area contributed by atoms with E-state index in [0.29, 0.717) is 16.9 Å². The third-order valence-corrected chi connectivity index (χ3v) is 5.52. The lowest BCUT2D eigenvalue weighted by atomic mass is 10.1. The molecule has 5 heteroatoms. The van der Waals surface area contributed by atoms with Crippen LogP contribution in [-0.4, -0.2) is 40.5 Å². The average Bonchev–Trinajstić information content (AvgIpc) is 2.75. The van der Waals surface area contributed by atoms with Crippen LogP contribution in [0.25, 0.3) is 23.1 Å². The lowest BCUT2D eigenvalue weighted by Crippen LogP contribution is -2.25. The summed E-state index contributed by atoms with van der Waals surface area (Å²) in [6.45, 7) is 9.98. The summed E-state index contributed by atoms with van der Waals surface area (Å²) < 4.78 is 0. The van der Waals surface area contributed by atoms with Crippen molar-refractivity contribution in [1.29, 1.82) is 0 Å². The van der Waals surface area contributed by atoms with Crippen molar-refractivity contribution in [3.05, 3.63) is 64.9 Å². The molecule has 3 rings (SSSR count). The first kappa shape index (κ1) is 22.3. The third-order valence-electron chi connectivity index (χ3n) is 5.29. The van der Waals surface area contributed by atoms with Crippen LogP contribution in [-0.2, 0) is 0 Å². The Hall–Kier alpha value is -2.43. The number of halogens is 1. The minimum absolute atomic E-state index is 0.320. The number of aromatic nitrogens is 2. The molecule has 158 valence electrons. The van der Waals surface area contributed by atoms with Crippen molar-refractivity contribution >= 4 is 40.5 Å². The lowest BCUT2D eigenvalue weighted by Gasteiger charge is -2.20. The zero-order chi connectivity index (χ0) is 21.3. The average molecular weight is 423 g/mol. The molecule has 0 bridgehead atoms. The fourth-order valence-electron chi connectivity index (χ4n) is 3.51. The first-order valence-electron chi connectivity index (χ1n) is 10.8. The fourth-order valence-corrected chi connectivity index (χ4v) is 3.67. The summed E-state index contributed by atoms with van der Waals surface area (Å²) in [5.41, 5.74) is 1.97. The van der Waals surface area contributed by atoms with Gasteiger partial charge >= 0.3 is 0 Å². The van der Waals surface area contributed by atoms with Crippen molar-refractivity contribution in [2.24, 2.45) is 0 Å². The monoisotopic (exact) mass is 422 g/mol. The molecule has 0 saturated carbocycles. The Morgan fingerprint density at radius 3 is 2.53 bits per heavy atom. The van der Waals surface area contributed by atoms with E-state index in [0.717, 1.165) is 54.8 Å². The van der Waals surface area contributed by atoms with Crippen molar-refractivity contribution in [2.75, 3.05) is 25.0 Å². The Bertz CT molecular complexity index is 968. The van der Waals surface area contributed by atoms with Gasteiger partial charge < -0.3 is 10.2 Å². The molecule has 1 aromatic heterocycles. The smallest absolute Gasteiger partial charge is 0.154 e. The highest BCUT2D eigenvalue weighted by atomic mass is 35.5. The second-order valence-electron chi connectivity index (χ2n) is 7.55. The van der Waals surface area contributed by atoms with E-state index in [1.165, 1.54) is 0 Å². The quantitative estimate of drug-likeness (QED) is 0.411. The van der Waals surface area contributed by atoms with Crippen LogP contribution >= 0.6 is 11.6 Å². The van der Waals surface area contributed by atoms with Gasteiger partial charge in [-0.3, -0.25) is 0 Å². The molecule has 0 unspecified atom stereocenters. The molecule has 3 aromatic rings. The number of rotatable bonds is 10. The van der Waals surface area contributed by atoms with E-state index in [4.69, 9.17) is 21.6 Å². The summed E-state index contributed by atoms with van der Waals surface area (Å²) in [4.78, 5) is 12.0. The van der Waals surface area contributed by atoms with E-state index in [-0.39, 0.29) is 0 Å². The number of hydrogen-bond donors (Lipinski definition) is 1. The van der Waals surface area contributed by atoms with Crippen LogP contribution in [0.4, 0.5) is 5.82 Å². The highest BCUT2D eigenvalue weighted by Gasteiger charge is 2.11. The highest BCUT2D eigenvalue weighted by Crippen LogP contribution is 2.25. The first-order valence-corrected chi connectivity index (χ1v) is 11.2. The van der Waals surface area contributed by atoms with Crippen LogP contribution < -0.4 is 5.32 Å². The lowest BCUT2D eigenvalue weighted by molar-refractivity contribution is 0.295. The fraction of sp³-hybridized carbons (Fsp3) is 0.360. The van der Waals surface area contributed by atoms with Gasteiger partial charge in [-0.15, -0.1) is 0 Å². The SMILES string of the molecule is CCN(CC)CCC[C@@H](C)Nc1nc(/C=C/c2ccccc2)nc2cc(Cl)ccc12. The van der Waals surface area contributed by atoms with Crippen LogP contribution in [0, 0.1) is 0 Å². The maximum atomic E-state index is 6.22. The number of benzene rings is 2. The van der Waals surface area contributed by atoms with Crippen LogP contribution in [0.15, 0.2) is 48.5 Å². The summed E-state index contributed by atoms with van der Waals surface area (Å²) in [7, 11) is 0. The van der Waals surface area contributed by atoms with E-state index in [9.17, 15) is 0 Å². The van der Waals surface area contributed by atoms with Gasteiger partial charge in [-0.1, -0.05) is 61.9 Å². The highest BCUT2D eigenvalue weighted by molar-refractivity contribution is 6.31. The molecule has 2 aromatic carbocycles. The summed E-state index contributed by atoms with van der Waals surface area (Å²) in [6.07, 6.45) is 6.23. The number of nitrogens with one attached hydrogen (secondary N) is 1. The van der Waals surface area contributed by atoms with Gasteiger partial charge in [0.15, 0.2) is 5.82 Å². The van der Waals surface area contributed by atoms with E-state index >= 15 is 0 Å². The van der Waals surface area contributed by atoms with Crippen LogP contribution in [0.2, 0.25) is 5.02 Å². The number of hydrogen-bond acceptors (Lipinski definition) is 4. The van der Waals surface area contributed by atoms with Gasteiger partial charge in [-0.05, 0) is 69.2 Å². The minimum atomic E-state index is 0.320. The molecule has 0 aliphatic heterocycles. The van der Waals surface area contributed by atoms with E-state index in [2.05, 4.69) is 43.1 Å². The summed E-state index contributed by atoms with van der Waals surface area (Å²) in [6, 6.07) is 16.3. The predicted molar refractivity (Wildman–Crippen MR) is 130 cm³/mol. The zero-order valence-corrected chi connectivity index (χ0v) is 18.9. The Kier molecular flexibility index (Phi) is 8.23. The van der Waals surface area contributed by atoms with Gasteiger partial charge in [0.2, 0.25) is 0 Å². The number of fused-ring (bicyclic) bond motifs is 1. The minimum Gasteiger partial charge on any atom is -0.367 e. The molecule has 0 aliphatic rings. The Morgan fingerprint density at radius 1 is 1.03 bits per heavy atom. The van der Waals surface area contributed by atoms with Gasteiger partial charge in [-0.2, -0.15) is 0 Å². The van der Waals surface area contributed by atoms with Crippen LogP contribution in [0.3, 0.4) is 0 Å². The molecule has 0 spiro atoms. The molecule has 0 amide bonds. The van der Waals surface area contributed by atoms with Crippen molar-refractivity contribution in [1.82, 2.24) is 14.9 Å². The largest absolute Gasteiger partial charge is 0.367 e. The normalized spacial score (nSPS) is 12.7. The van der Waals surface area contributed by atoms with E-state index < -0.39 is 0 Å². The van der Waals surface area contributed by atoms with Crippen molar-refractivity contribution < 1.29 is 0 Å². The molecular weight excluding hydrogens is 392 g/mol. The molecular formula is C25H31ClN4. The molecule has 0 fully saturated rings. The Labute approximate surface area is 185 Å². The van der Waals surface area contributed by atoms with Gasteiger partial charge in [0.25, 0.3) is 0 Å². The maximum Gasteiger partial charge on any atom is 0.154 e. The summed E-state index contributed by atoms with van der Waals surface area (Å²) in [5, 5.41) is 5.28. The van der Waals surface area contributed by atoms with Gasteiger partial charge in [0, 0.05) is 16.5 Å². The molecule has 0 saturated heterocycles. The molecule has 1 N–H and O–H groups in total. The van der Waals surface area contributed by atoms with Gasteiger partial charge in [-0.25, -0.2) is 9.97 Å². The van der Waals surface area contributed by atoms with Crippen molar-refractivity contribution in [2.45, 2.75) is 39.7 Å². The summed E-state index contributed by atoms with van der Waals surface area (Å²) in [5.74, 6) is 1.53. The number of nitrogens with zero attached hydrogens (tertiary/aromatic N) is 3. The molecule has 30 heavy (non-hydrogen) atoms. The number of anilines is 1. The molecule has 1 atom stereocenters. The Morgan fingerprint density at radius 2 is 1.80 bits per heavy atom. The molecule has 4 nitrogen and oxygen atoms in total.